The lowest BCUT2D eigenvalue weighted by Gasteiger charge is -2.18. The zero-order valence-electron chi connectivity index (χ0n) is 10.5. The Morgan fingerprint density at radius 3 is 2.44 bits per heavy atom. The fraction of sp³-hybridized carbons (Fsp3) is 0.385. The van der Waals surface area contributed by atoms with Gasteiger partial charge in [0, 0.05) is 16.5 Å². The summed E-state index contributed by atoms with van der Waals surface area (Å²) in [5.74, 6) is -0.562. The van der Waals surface area contributed by atoms with Crippen LogP contribution in [-0.4, -0.2) is 24.0 Å². The van der Waals surface area contributed by atoms with E-state index in [2.05, 4.69) is 15.9 Å². The van der Waals surface area contributed by atoms with E-state index in [9.17, 15) is 9.59 Å². The second-order valence-corrected chi connectivity index (χ2v) is 5.49. The van der Waals surface area contributed by atoms with Gasteiger partial charge in [0.25, 0.3) is 0 Å². The van der Waals surface area contributed by atoms with Crippen molar-refractivity contribution in [1.82, 2.24) is 0 Å². The predicted molar refractivity (Wildman–Crippen MR) is 71.1 cm³/mol. The maximum Gasteiger partial charge on any atom is 0.309 e. The Bertz CT molecular complexity index is 480. The molecule has 4 nitrogen and oxygen atoms in total. The Balaban J connectivity index is 2.95. The lowest BCUT2D eigenvalue weighted by atomic mass is 9.86. The van der Waals surface area contributed by atoms with Crippen LogP contribution in [0.3, 0.4) is 0 Å². The fourth-order valence-electron chi connectivity index (χ4n) is 1.42. The number of carbonyl (C=O) groups is 2. The van der Waals surface area contributed by atoms with Crippen molar-refractivity contribution >= 4 is 27.7 Å². The molecule has 0 saturated heterocycles. The summed E-state index contributed by atoms with van der Waals surface area (Å²) in [4.78, 5) is 23.0. The van der Waals surface area contributed by atoms with Crippen LogP contribution in [0.25, 0.3) is 0 Å². The van der Waals surface area contributed by atoms with Crippen molar-refractivity contribution in [1.29, 1.82) is 0 Å². The lowest BCUT2D eigenvalue weighted by molar-refractivity contribution is -0.146. The minimum Gasteiger partial charge on any atom is -0.497 e. The average Bonchev–Trinajstić information content (AvgIpc) is 2.27. The SMILES string of the molecule is COc1ccc(C(=O)CC(C)(C)C(=O)O)c(Br)c1. The van der Waals surface area contributed by atoms with Crippen LogP contribution in [0, 0.1) is 5.41 Å². The van der Waals surface area contributed by atoms with E-state index in [0.717, 1.165) is 0 Å². The number of carboxylic acid groups (broad SMARTS) is 1. The number of rotatable bonds is 5. The maximum atomic E-state index is 12.1. The molecule has 0 unspecified atom stereocenters. The molecule has 1 aromatic carbocycles. The Morgan fingerprint density at radius 2 is 2.00 bits per heavy atom. The predicted octanol–water partition coefficient (Wildman–Crippen LogP) is 3.14. The van der Waals surface area contributed by atoms with Gasteiger partial charge in [0.05, 0.1) is 12.5 Å². The Kier molecular flexibility index (Phi) is 4.51. The highest BCUT2D eigenvalue weighted by Gasteiger charge is 2.31. The first-order chi connectivity index (χ1) is 8.27. The molecule has 0 aliphatic carbocycles. The van der Waals surface area contributed by atoms with Gasteiger partial charge in [0.15, 0.2) is 5.78 Å². The van der Waals surface area contributed by atoms with E-state index in [1.165, 1.54) is 21.0 Å². The number of ether oxygens (including phenoxy) is 1. The van der Waals surface area contributed by atoms with Gasteiger partial charge in [-0.1, -0.05) is 0 Å². The fourth-order valence-corrected chi connectivity index (χ4v) is 2.00. The summed E-state index contributed by atoms with van der Waals surface area (Å²) >= 11 is 3.28. The van der Waals surface area contributed by atoms with E-state index in [4.69, 9.17) is 9.84 Å². The van der Waals surface area contributed by atoms with Crippen LogP contribution in [0.5, 0.6) is 5.75 Å². The smallest absolute Gasteiger partial charge is 0.309 e. The molecule has 0 saturated carbocycles. The highest BCUT2D eigenvalue weighted by atomic mass is 79.9. The van der Waals surface area contributed by atoms with Gasteiger partial charge in [-0.2, -0.15) is 0 Å². The first-order valence-electron chi connectivity index (χ1n) is 5.38. The van der Waals surface area contributed by atoms with Crippen LogP contribution in [0.15, 0.2) is 22.7 Å². The van der Waals surface area contributed by atoms with Crippen molar-refractivity contribution in [2.45, 2.75) is 20.3 Å². The minimum absolute atomic E-state index is 0.0484. The average molecular weight is 315 g/mol. The van der Waals surface area contributed by atoms with E-state index < -0.39 is 11.4 Å². The van der Waals surface area contributed by atoms with Crippen molar-refractivity contribution in [2.24, 2.45) is 5.41 Å². The second kappa shape index (κ2) is 5.52. The molecule has 1 rings (SSSR count). The van der Waals surface area contributed by atoms with Crippen LogP contribution in [0.1, 0.15) is 30.6 Å². The van der Waals surface area contributed by atoms with Crippen LogP contribution < -0.4 is 4.74 Å². The third-order valence-corrected chi connectivity index (χ3v) is 3.31. The molecule has 0 aromatic heterocycles. The van der Waals surface area contributed by atoms with Crippen molar-refractivity contribution in [3.63, 3.8) is 0 Å². The van der Waals surface area contributed by atoms with Gasteiger partial charge >= 0.3 is 5.97 Å². The molecule has 1 N–H and O–H groups in total. The molecule has 0 aliphatic heterocycles. The lowest BCUT2D eigenvalue weighted by Crippen LogP contribution is -2.27. The van der Waals surface area contributed by atoms with Gasteiger partial charge in [-0.3, -0.25) is 9.59 Å². The van der Waals surface area contributed by atoms with Gasteiger partial charge in [-0.05, 0) is 48.0 Å². The summed E-state index contributed by atoms with van der Waals surface area (Å²) in [5, 5.41) is 9.00. The molecule has 0 amide bonds. The molecule has 98 valence electrons. The largest absolute Gasteiger partial charge is 0.497 e. The van der Waals surface area contributed by atoms with Crippen LogP contribution in [0.4, 0.5) is 0 Å². The van der Waals surface area contributed by atoms with Crippen LogP contribution in [0.2, 0.25) is 0 Å². The van der Waals surface area contributed by atoms with E-state index in [-0.39, 0.29) is 12.2 Å². The number of carbonyl (C=O) groups excluding carboxylic acids is 1. The zero-order valence-corrected chi connectivity index (χ0v) is 12.1. The summed E-state index contributed by atoms with van der Waals surface area (Å²) in [7, 11) is 1.54. The number of halogens is 1. The Hall–Kier alpha value is -1.36. The Morgan fingerprint density at radius 1 is 1.39 bits per heavy atom. The van der Waals surface area contributed by atoms with Gasteiger partial charge in [-0.25, -0.2) is 0 Å². The summed E-state index contributed by atoms with van der Waals surface area (Å²) in [6.45, 7) is 3.06. The van der Waals surface area contributed by atoms with Crippen molar-refractivity contribution < 1.29 is 19.4 Å². The quantitative estimate of drug-likeness (QED) is 0.848. The standard InChI is InChI=1S/C13H15BrO4/c1-13(2,12(16)17)7-11(15)9-5-4-8(18-3)6-10(9)14/h4-6H,7H2,1-3H3,(H,16,17). The van der Waals surface area contributed by atoms with E-state index in [1.54, 1.807) is 18.2 Å². The molecule has 0 radical (unpaired) electrons. The molecule has 0 heterocycles. The normalized spacial score (nSPS) is 11.1. The van der Waals surface area contributed by atoms with Gasteiger partial charge in [0.2, 0.25) is 0 Å². The zero-order chi connectivity index (χ0) is 13.9. The van der Waals surface area contributed by atoms with Gasteiger partial charge in [-0.15, -0.1) is 0 Å². The number of methoxy groups -OCH3 is 1. The van der Waals surface area contributed by atoms with Gasteiger partial charge in [0.1, 0.15) is 5.75 Å². The topological polar surface area (TPSA) is 63.6 Å². The minimum atomic E-state index is -1.07. The highest BCUT2D eigenvalue weighted by molar-refractivity contribution is 9.10. The maximum absolute atomic E-state index is 12.1. The number of hydrogen-bond donors (Lipinski definition) is 1. The van der Waals surface area contributed by atoms with Crippen molar-refractivity contribution in [3.05, 3.63) is 28.2 Å². The molecular weight excluding hydrogens is 300 g/mol. The number of ketones is 1. The van der Waals surface area contributed by atoms with E-state index in [1.807, 2.05) is 0 Å². The molecular formula is C13H15BrO4. The van der Waals surface area contributed by atoms with E-state index >= 15 is 0 Å². The molecule has 18 heavy (non-hydrogen) atoms. The number of carboxylic acids is 1. The van der Waals surface area contributed by atoms with Gasteiger partial charge < -0.3 is 9.84 Å². The summed E-state index contributed by atoms with van der Waals surface area (Å²) < 4.78 is 5.64. The summed E-state index contributed by atoms with van der Waals surface area (Å²) in [6, 6.07) is 4.98. The summed E-state index contributed by atoms with van der Waals surface area (Å²) in [5.41, 5.74) is -0.610. The first-order valence-corrected chi connectivity index (χ1v) is 6.17. The molecule has 0 fully saturated rings. The number of aliphatic carboxylic acids is 1. The van der Waals surface area contributed by atoms with Crippen LogP contribution in [-0.2, 0) is 4.79 Å². The highest BCUT2D eigenvalue weighted by Crippen LogP contribution is 2.28. The second-order valence-electron chi connectivity index (χ2n) is 4.63. The Labute approximate surface area is 114 Å². The third kappa shape index (κ3) is 3.32. The number of benzene rings is 1. The molecule has 5 heteroatoms. The number of Topliss-reactive ketones (excluding diaryl/α,β-unsaturated/α-hetero) is 1. The van der Waals surface area contributed by atoms with E-state index in [0.29, 0.717) is 15.8 Å². The van der Waals surface area contributed by atoms with Crippen molar-refractivity contribution in [2.75, 3.05) is 7.11 Å². The molecule has 0 atom stereocenters. The van der Waals surface area contributed by atoms with Crippen molar-refractivity contribution in [3.8, 4) is 5.75 Å². The van der Waals surface area contributed by atoms with Crippen LogP contribution >= 0.6 is 15.9 Å². The monoisotopic (exact) mass is 314 g/mol. The molecule has 1 aromatic rings. The number of hydrogen-bond acceptors (Lipinski definition) is 3. The molecule has 0 spiro atoms. The first kappa shape index (κ1) is 14.7. The molecule has 0 bridgehead atoms. The molecule has 0 aliphatic rings. The third-order valence-electron chi connectivity index (χ3n) is 2.66. The summed E-state index contributed by atoms with van der Waals surface area (Å²) in [6.07, 6.45) is -0.0484.